The van der Waals surface area contributed by atoms with Crippen LogP contribution in [0, 0.1) is 6.92 Å². The van der Waals surface area contributed by atoms with Gasteiger partial charge in [-0.3, -0.25) is 9.89 Å². The van der Waals surface area contributed by atoms with Gasteiger partial charge in [-0.05, 0) is 30.5 Å². The fraction of sp³-hybridized carbons (Fsp3) is 0.148. The smallest absolute Gasteiger partial charge is 0.188 e. The largest absolute Gasteiger partial charge is 0.303 e. The molecule has 0 unspecified atom stereocenters. The van der Waals surface area contributed by atoms with Gasteiger partial charge < -0.3 is 5.32 Å². The summed E-state index contributed by atoms with van der Waals surface area (Å²) >= 11 is 0. The first-order chi connectivity index (χ1) is 16.2. The number of aryl methyl sites for hydroxylation is 1. The number of rotatable bonds is 8. The summed E-state index contributed by atoms with van der Waals surface area (Å²) in [4.78, 5) is 13.7. The van der Waals surface area contributed by atoms with Gasteiger partial charge in [-0.15, -0.1) is 0 Å². The minimum Gasteiger partial charge on any atom is -0.303 e. The highest BCUT2D eigenvalue weighted by molar-refractivity contribution is 6.06. The Morgan fingerprint density at radius 2 is 1.82 bits per heavy atom. The number of Topliss-reactive ketones (excluding diaryl/α,β-unsaturated/α-hetero) is 1. The zero-order valence-electron chi connectivity index (χ0n) is 18.4. The summed E-state index contributed by atoms with van der Waals surface area (Å²) in [6.07, 6.45) is 8.02. The number of aromatic nitrogens is 4. The van der Waals surface area contributed by atoms with Crippen molar-refractivity contribution >= 4 is 11.3 Å². The highest BCUT2D eigenvalue weighted by Crippen LogP contribution is 2.24. The molecule has 0 aliphatic rings. The van der Waals surface area contributed by atoms with Gasteiger partial charge in [0.2, 0.25) is 0 Å². The Morgan fingerprint density at radius 3 is 2.58 bits per heavy atom. The molecule has 0 spiro atoms. The Labute approximate surface area is 192 Å². The van der Waals surface area contributed by atoms with Crippen molar-refractivity contribution in [3.05, 3.63) is 114 Å². The Bertz CT molecular complexity index is 1360. The van der Waals surface area contributed by atoms with Gasteiger partial charge in [-0.1, -0.05) is 66.2 Å². The molecule has 6 nitrogen and oxygen atoms in total. The minimum absolute atomic E-state index is 0.0103. The maximum absolute atomic E-state index is 13.7. The summed E-state index contributed by atoms with van der Waals surface area (Å²) in [5.74, 6) is 0.0103. The van der Waals surface area contributed by atoms with Crippen molar-refractivity contribution in [1.82, 2.24) is 25.1 Å². The summed E-state index contributed by atoms with van der Waals surface area (Å²) < 4.78 is 1.75. The van der Waals surface area contributed by atoms with E-state index in [2.05, 4.69) is 51.8 Å². The van der Waals surface area contributed by atoms with Gasteiger partial charge in [0.25, 0.3) is 0 Å². The average molecular weight is 436 g/mol. The van der Waals surface area contributed by atoms with Gasteiger partial charge in [0, 0.05) is 30.1 Å². The van der Waals surface area contributed by atoms with Crippen LogP contribution in [-0.2, 0) is 6.42 Å². The SMILES string of the molecule is Cc1ccc(CCN[C@@H](C(=O)c2cnn3cc(-c4cn[nH]c4)ccc23)c2ccccc2)cc1. The Balaban J connectivity index is 1.40. The minimum atomic E-state index is -0.446. The van der Waals surface area contributed by atoms with Crippen LogP contribution in [0.1, 0.15) is 33.1 Å². The lowest BCUT2D eigenvalue weighted by Gasteiger charge is -2.18. The van der Waals surface area contributed by atoms with Gasteiger partial charge in [0.15, 0.2) is 5.78 Å². The molecule has 3 aromatic heterocycles. The standard InChI is InChI=1S/C27H25N5O/c1-19-7-9-20(10-8-19)13-14-28-26(21-5-3-2-4-6-21)27(33)24-17-31-32-18-22(11-12-25(24)32)23-15-29-30-16-23/h2-12,15-18,26,28H,13-14H2,1H3,(H,29,30)/t26-/m1/s1. The third-order valence-electron chi connectivity index (χ3n) is 5.89. The van der Waals surface area contributed by atoms with Gasteiger partial charge in [0.1, 0.15) is 0 Å². The normalized spacial score (nSPS) is 12.2. The number of nitrogens with one attached hydrogen (secondary N) is 2. The van der Waals surface area contributed by atoms with Crippen LogP contribution in [0.15, 0.2) is 91.5 Å². The molecule has 2 N–H and O–H groups in total. The number of fused-ring (bicyclic) bond motifs is 1. The summed E-state index contributed by atoms with van der Waals surface area (Å²) in [6, 6.07) is 21.9. The number of ketones is 1. The van der Waals surface area contributed by atoms with Crippen molar-refractivity contribution in [2.75, 3.05) is 6.54 Å². The topological polar surface area (TPSA) is 75.1 Å². The molecule has 2 aromatic carbocycles. The van der Waals surface area contributed by atoms with Crippen LogP contribution in [0.4, 0.5) is 0 Å². The molecule has 1 atom stereocenters. The molecule has 0 aliphatic heterocycles. The van der Waals surface area contributed by atoms with Crippen LogP contribution in [-0.4, -0.2) is 32.1 Å². The van der Waals surface area contributed by atoms with Crippen LogP contribution >= 0.6 is 0 Å². The maximum atomic E-state index is 13.7. The van der Waals surface area contributed by atoms with Crippen LogP contribution in [0.25, 0.3) is 16.6 Å². The predicted octanol–water partition coefficient (Wildman–Crippen LogP) is 4.79. The van der Waals surface area contributed by atoms with E-state index < -0.39 is 6.04 Å². The molecular weight excluding hydrogens is 410 g/mol. The third kappa shape index (κ3) is 4.47. The average Bonchev–Trinajstić information content (AvgIpc) is 3.53. The Kier molecular flexibility index (Phi) is 5.83. The molecule has 0 amide bonds. The summed E-state index contributed by atoms with van der Waals surface area (Å²) in [7, 11) is 0. The molecule has 164 valence electrons. The molecule has 0 saturated heterocycles. The predicted molar refractivity (Wildman–Crippen MR) is 129 cm³/mol. The highest BCUT2D eigenvalue weighted by Gasteiger charge is 2.24. The molecular formula is C27H25N5O. The first kappa shape index (κ1) is 20.8. The van der Waals surface area contributed by atoms with Crippen molar-refractivity contribution in [3.8, 4) is 11.1 Å². The molecule has 3 heterocycles. The van der Waals surface area contributed by atoms with E-state index in [-0.39, 0.29) is 5.78 Å². The van der Waals surface area contributed by atoms with Crippen LogP contribution in [0.3, 0.4) is 0 Å². The first-order valence-electron chi connectivity index (χ1n) is 11.0. The second-order valence-electron chi connectivity index (χ2n) is 8.19. The van der Waals surface area contributed by atoms with Gasteiger partial charge in [-0.25, -0.2) is 4.52 Å². The number of H-pyrrole nitrogens is 1. The van der Waals surface area contributed by atoms with Crippen molar-refractivity contribution in [3.63, 3.8) is 0 Å². The van der Waals surface area contributed by atoms with Crippen LogP contribution in [0.2, 0.25) is 0 Å². The zero-order valence-corrected chi connectivity index (χ0v) is 18.4. The Morgan fingerprint density at radius 1 is 1.00 bits per heavy atom. The van der Waals surface area contributed by atoms with E-state index in [4.69, 9.17) is 0 Å². The van der Waals surface area contributed by atoms with E-state index in [9.17, 15) is 4.79 Å². The number of nitrogens with zero attached hydrogens (tertiary/aromatic N) is 3. The lowest BCUT2D eigenvalue weighted by Crippen LogP contribution is -2.30. The number of carbonyl (C=O) groups is 1. The fourth-order valence-electron chi connectivity index (χ4n) is 4.03. The molecule has 0 fully saturated rings. The van der Waals surface area contributed by atoms with E-state index in [1.807, 2.05) is 54.9 Å². The molecule has 0 saturated carbocycles. The van der Waals surface area contributed by atoms with E-state index in [1.165, 1.54) is 11.1 Å². The van der Waals surface area contributed by atoms with Gasteiger partial charge in [-0.2, -0.15) is 10.2 Å². The number of benzene rings is 2. The quantitative estimate of drug-likeness (QED) is 0.344. The monoisotopic (exact) mass is 435 g/mol. The second kappa shape index (κ2) is 9.22. The molecule has 0 bridgehead atoms. The molecule has 6 heteroatoms. The number of pyridine rings is 1. The number of carbonyl (C=O) groups excluding carboxylic acids is 1. The van der Waals surface area contributed by atoms with E-state index in [0.29, 0.717) is 12.1 Å². The van der Waals surface area contributed by atoms with Gasteiger partial charge >= 0.3 is 0 Å². The van der Waals surface area contributed by atoms with Crippen molar-refractivity contribution < 1.29 is 4.79 Å². The highest BCUT2D eigenvalue weighted by atomic mass is 16.1. The van der Waals surface area contributed by atoms with Gasteiger partial charge in [0.05, 0.1) is 29.5 Å². The van der Waals surface area contributed by atoms with E-state index in [0.717, 1.165) is 28.6 Å². The maximum Gasteiger partial charge on any atom is 0.188 e. The summed E-state index contributed by atoms with van der Waals surface area (Å²) in [5.41, 5.74) is 6.78. The number of aromatic amines is 1. The van der Waals surface area contributed by atoms with Crippen molar-refractivity contribution in [1.29, 1.82) is 0 Å². The number of hydrogen-bond acceptors (Lipinski definition) is 4. The van der Waals surface area contributed by atoms with E-state index >= 15 is 0 Å². The summed E-state index contributed by atoms with van der Waals surface area (Å²) in [6.45, 7) is 2.78. The molecule has 33 heavy (non-hydrogen) atoms. The lowest BCUT2D eigenvalue weighted by molar-refractivity contribution is 0.0945. The Hall–Kier alpha value is -4.03. The van der Waals surface area contributed by atoms with Crippen LogP contribution in [0.5, 0.6) is 0 Å². The molecule has 0 radical (unpaired) electrons. The lowest BCUT2D eigenvalue weighted by atomic mass is 9.97. The number of hydrogen-bond donors (Lipinski definition) is 2. The molecule has 5 aromatic rings. The summed E-state index contributed by atoms with van der Waals surface area (Å²) in [5, 5.41) is 14.8. The van der Waals surface area contributed by atoms with Crippen molar-refractivity contribution in [2.45, 2.75) is 19.4 Å². The zero-order chi connectivity index (χ0) is 22.6. The van der Waals surface area contributed by atoms with Crippen molar-refractivity contribution in [2.24, 2.45) is 0 Å². The fourth-order valence-corrected chi connectivity index (χ4v) is 4.03. The van der Waals surface area contributed by atoms with E-state index in [1.54, 1.807) is 16.9 Å². The molecule has 5 rings (SSSR count). The second-order valence-corrected chi connectivity index (χ2v) is 8.19. The van der Waals surface area contributed by atoms with Crippen LogP contribution < -0.4 is 5.32 Å². The molecule has 0 aliphatic carbocycles. The first-order valence-corrected chi connectivity index (χ1v) is 11.0. The third-order valence-corrected chi connectivity index (χ3v) is 5.89.